The zero-order valence-electron chi connectivity index (χ0n) is 14.1. The summed E-state index contributed by atoms with van der Waals surface area (Å²) in [5.74, 6) is 1.36. The molecule has 2 aliphatic carbocycles. The molecule has 4 atom stereocenters. The molecule has 2 fully saturated rings. The Kier molecular flexibility index (Phi) is 5.50. The third-order valence-electron chi connectivity index (χ3n) is 5.93. The predicted octanol–water partition coefficient (Wildman–Crippen LogP) is 6.62. The second-order valence-corrected chi connectivity index (χ2v) is 7.49. The Morgan fingerprint density at radius 2 is 1.78 bits per heavy atom. The van der Waals surface area contributed by atoms with Crippen LogP contribution in [0.15, 0.2) is 30.4 Å². The van der Waals surface area contributed by atoms with E-state index < -0.39 is 11.6 Å². The van der Waals surface area contributed by atoms with Crippen molar-refractivity contribution < 1.29 is 8.78 Å². The van der Waals surface area contributed by atoms with E-state index in [0.717, 1.165) is 36.2 Å². The summed E-state index contributed by atoms with van der Waals surface area (Å²) >= 11 is 0. The lowest BCUT2D eigenvalue weighted by Gasteiger charge is -2.41. The van der Waals surface area contributed by atoms with Crippen LogP contribution in [-0.4, -0.2) is 0 Å². The van der Waals surface area contributed by atoms with Crippen molar-refractivity contribution >= 4 is 0 Å². The summed E-state index contributed by atoms with van der Waals surface area (Å²) in [6.45, 7) is 2.22. The highest BCUT2D eigenvalue weighted by Crippen LogP contribution is 2.47. The minimum atomic E-state index is -0.734. The van der Waals surface area contributed by atoms with Crippen LogP contribution in [0.5, 0.6) is 0 Å². The highest BCUT2D eigenvalue weighted by Gasteiger charge is 2.35. The smallest absolute Gasteiger partial charge is 0.159 e. The molecule has 126 valence electrons. The summed E-state index contributed by atoms with van der Waals surface area (Å²) in [6.07, 6.45) is 14.7. The van der Waals surface area contributed by atoms with Gasteiger partial charge < -0.3 is 0 Å². The van der Waals surface area contributed by atoms with E-state index in [9.17, 15) is 8.78 Å². The van der Waals surface area contributed by atoms with E-state index in [2.05, 4.69) is 19.1 Å². The van der Waals surface area contributed by atoms with Crippen LogP contribution < -0.4 is 0 Å². The third-order valence-corrected chi connectivity index (χ3v) is 5.93. The average Bonchev–Trinajstić information content (AvgIpc) is 2.57. The van der Waals surface area contributed by atoms with Crippen molar-refractivity contribution in [2.75, 3.05) is 0 Å². The highest BCUT2D eigenvalue weighted by atomic mass is 19.2. The maximum atomic E-state index is 13.5. The van der Waals surface area contributed by atoms with Crippen molar-refractivity contribution in [1.29, 1.82) is 0 Å². The Morgan fingerprint density at radius 1 is 1.00 bits per heavy atom. The van der Waals surface area contributed by atoms with Crippen LogP contribution in [-0.2, 0) is 0 Å². The molecule has 1 aromatic carbocycles. The Hall–Kier alpha value is -1.18. The number of fused-ring (bicyclic) bond motifs is 1. The predicted molar refractivity (Wildman–Crippen MR) is 91.3 cm³/mol. The Morgan fingerprint density at radius 3 is 2.57 bits per heavy atom. The van der Waals surface area contributed by atoms with Crippen LogP contribution >= 0.6 is 0 Å². The molecule has 0 radical (unpaired) electrons. The lowest BCUT2D eigenvalue weighted by molar-refractivity contribution is 0.133. The molecule has 0 spiro atoms. The molecule has 0 N–H and O–H groups in total. The number of allylic oxidation sites excluding steroid dienone is 2. The standard InChI is InChI=1S/C21H28F2/c1-2-3-4-5-15-6-7-17-13-18(9-8-16(17)12-15)19-10-11-20(22)21(23)14-19/h4-5,10-11,14-18H,2-3,6-9,12-13H2,1H3/t15-,16-,17-,18?/m1/s1. The van der Waals surface area contributed by atoms with Crippen molar-refractivity contribution in [3.63, 3.8) is 0 Å². The average molecular weight is 318 g/mol. The van der Waals surface area contributed by atoms with Gasteiger partial charge in [-0.3, -0.25) is 0 Å². The number of halogens is 2. The van der Waals surface area contributed by atoms with Gasteiger partial charge in [0.1, 0.15) is 0 Å². The minimum absolute atomic E-state index is 0.415. The molecule has 2 heteroatoms. The van der Waals surface area contributed by atoms with Crippen LogP contribution in [0.3, 0.4) is 0 Å². The zero-order chi connectivity index (χ0) is 16.2. The molecular weight excluding hydrogens is 290 g/mol. The lowest BCUT2D eigenvalue weighted by Crippen LogP contribution is -2.30. The summed E-state index contributed by atoms with van der Waals surface area (Å²) in [7, 11) is 0. The number of benzene rings is 1. The van der Waals surface area contributed by atoms with Crippen molar-refractivity contribution in [3.8, 4) is 0 Å². The van der Waals surface area contributed by atoms with E-state index in [-0.39, 0.29) is 0 Å². The molecule has 0 amide bonds. The van der Waals surface area contributed by atoms with Gasteiger partial charge in [-0.05, 0) is 86.3 Å². The van der Waals surface area contributed by atoms with Crippen LogP contribution in [0.4, 0.5) is 8.78 Å². The second-order valence-electron chi connectivity index (χ2n) is 7.49. The summed E-state index contributed by atoms with van der Waals surface area (Å²) in [5.41, 5.74) is 0.993. The van der Waals surface area contributed by atoms with E-state index in [0.29, 0.717) is 5.92 Å². The number of unbranched alkanes of at least 4 members (excludes halogenated alkanes) is 1. The summed E-state index contributed by atoms with van der Waals surface area (Å²) in [5, 5.41) is 0. The topological polar surface area (TPSA) is 0 Å². The fourth-order valence-corrected chi connectivity index (χ4v) is 4.62. The molecule has 0 nitrogen and oxygen atoms in total. The minimum Gasteiger partial charge on any atom is -0.204 e. The largest absolute Gasteiger partial charge is 0.204 e. The first kappa shape index (κ1) is 16.7. The van der Waals surface area contributed by atoms with Crippen LogP contribution in [0.2, 0.25) is 0 Å². The van der Waals surface area contributed by atoms with Gasteiger partial charge in [-0.2, -0.15) is 0 Å². The molecular formula is C21H28F2. The van der Waals surface area contributed by atoms with Gasteiger partial charge in [0, 0.05) is 0 Å². The van der Waals surface area contributed by atoms with Gasteiger partial charge in [-0.1, -0.05) is 31.6 Å². The van der Waals surface area contributed by atoms with Crippen LogP contribution in [0, 0.1) is 29.4 Å². The number of hydrogen-bond acceptors (Lipinski definition) is 0. The first-order chi connectivity index (χ1) is 11.2. The van der Waals surface area contributed by atoms with E-state index >= 15 is 0 Å². The van der Waals surface area contributed by atoms with Gasteiger partial charge in [-0.15, -0.1) is 0 Å². The van der Waals surface area contributed by atoms with Gasteiger partial charge >= 0.3 is 0 Å². The maximum Gasteiger partial charge on any atom is 0.159 e. The molecule has 0 aliphatic heterocycles. The van der Waals surface area contributed by atoms with Gasteiger partial charge in [0.2, 0.25) is 0 Å². The second kappa shape index (κ2) is 7.59. The normalized spacial score (nSPS) is 31.3. The fourth-order valence-electron chi connectivity index (χ4n) is 4.62. The summed E-state index contributed by atoms with van der Waals surface area (Å²) in [6, 6.07) is 4.48. The van der Waals surface area contributed by atoms with Crippen molar-refractivity contribution in [3.05, 3.63) is 47.5 Å². The molecule has 0 saturated heterocycles. The molecule has 0 aromatic heterocycles. The molecule has 1 aromatic rings. The monoisotopic (exact) mass is 318 g/mol. The molecule has 0 bridgehead atoms. The first-order valence-electron chi connectivity index (χ1n) is 9.29. The molecule has 23 heavy (non-hydrogen) atoms. The molecule has 0 heterocycles. The lowest BCUT2D eigenvalue weighted by atomic mass is 9.64. The van der Waals surface area contributed by atoms with Gasteiger partial charge in [0.15, 0.2) is 11.6 Å². The Balaban J connectivity index is 1.59. The van der Waals surface area contributed by atoms with Crippen LogP contribution in [0.25, 0.3) is 0 Å². The summed E-state index contributed by atoms with van der Waals surface area (Å²) in [4.78, 5) is 0. The van der Waals surface area contributed by atoms with E-state index in [1.165, 1.54) is 50.7 Å². The highest BCUT2D eigenvalue weighted by molar-refractivity contribution is 5.22. The van der Waals surface area contributed by atoms with Crippen LogP contribution in [0.1, 0.15) is 69.8 Å². The number of rotatable bonds is 4. The number of hydrogen-bond donors (Lipinski definition) is 0. The van der Waals surface area contributed by atoms with Crippen molar-refractivity contribution in [2.24, 2.45) is 17.8 Å². The van der Waals surface area contributed by atoms with Crippen molar-refractivity contribution in [2.45, 2.75) is 64.2 Å². The van der Waals surface area contributed by atoms with Crippen molar-refractivity contribution in [1.82, 2.24) is 0 Å². The fraction of sp³-hybridized carbons (Fsp3) is 0.619. The third kappa shape index (κ3) is 4.02. The molecule has 1 unspecified atom stereocenters. The first-order valence-corrected chi connectivity index (χ1v) is 9.29. The Bertz CT molecular complexity index is 549. The van der Waals surface area contributed by atoms with E-state index in [1.54, 1.807) is 6.07 Å². The zero-order valence-corrected chi connectivity index (χ0v) is 14.1. The molecule has 3 rings (SSSR count). The maximum absolute atomic E-state index is 13.5. The summed E-state index contributed by atoms with van der Waals surface area (Å²) < 4.78 is 26.6. The molecule has 2 aliphatic rings. The quantitative estimate of drug-likeness (QED) is 0.547. The van der Waals surface area contributed by atoms with Gasteiger partial charge in [0.25, 0.3) is 0 Å². The van der Waals surface area contributed by atoms with Gasteiger partial charge in [-0.25, -0.2) is 8.78 Å². The Labute approximate surface area is 139 Å². The molecule has 2 saturated carbocycles. The van der Waals surface area contributed by atoms with Gasteiger partial charge in [0.05, 0.1) is 0 Å². The van der Waals surface area contributed by atoms with E-state index in [4.69, 9.17) is 0 Å². The van der Waals surface area contributed by atoms with E-state index in [1.807, 2.05) is 0 Å². The SMILES string of the molecule is CCCC=C[C@@H]1CC[C@@H]2CC(c3ccc(F)c(F)c3)CC[C@@H]2C1.